The van der Waals surface area contributed by atoms with Crippen molar-refractivity contribution < 1.29 is 4.79 Å². The molecule has 2 aromatic heterocycles. The zero-order chi connectivity index (χ0) is 12.5. The van der Waals surface area contributed by atoms with Gasteiger partial charge in [-0.05, 0) is 25.1 Å². The number of carbonyl (C=O) groups is 1. The Morgan fingerprint density at radius 1 is 1.17 bits per heavy atom. The number of pyridine rings is 1. The van der Waals surface area contributed by atoms with Gasteiger partial charge in [-0.15, -0.1) is 11.3 Å². The standard InChI is InChI=1S/C15H11NOS/c1-10-6-7-11(8-16-10)15(17)13-9-18-14-5-3-2-4-12(13)14/h2-9H,1H3. The smallest absolute Gasteiger partial charge is 0.196 e. The Kier molecular flexibility index (Phi) is 2.68. The quantitative estimate of drug-likeness (QED) is 0.649. The van der Waals surface area contributed by atoms with Crippen molar-refractivity contribution in [3.05, 3.63) is 64.8 Å². The molecule has 0 radical (unpaired) electrons. The van der Waals surface area contributed by atoms with Crippen LogP contribution >= 0.6 is 11.3 Å². The van der Waals surface area contributed by atoms with Crippen LogP contribution in [0.2, 0.25) is 0 Å². The number of hydrogen-bond acceptors (Lipinski definition) is 3. The molecule has 2 nitrogen and oxygen atoms in total. The average Bonchev–Trinajstić information content (AvgIpc) is 2.82. The molecular formula is C15H11NOS. The summed E-state index contributed by atoms with van der Waals surface area (Å²) in [6, 6.07) is 11.7. The van der Waals surface area contributed by atoms with E-state index in [-0.39, 0.29) is 5.78 Å². The van der Waals surface area contributed by atoms with E-state index in [1.165, 1.54) is 0 Å². The highest BCUT2D eigenvalue weighted by atomic mass is 32.1. The third kappa shape index (κ3) is 1.83. The van der Waals surface area contributed by atoms with Gasteiger partial charge in [-0.1, -0.05) is 18.2 Å². The summed E-state index contributed by atoms with van der Waals surface area (Å²) in [7, 11) is 0. The predicted octanol–water partition coefficient (Wildman–Crippen LogP) is 3.84. The van der Waals surface area contributed by atoms with Crippen molar-refractivity contribution in [2.24, 2.45) is 0 Å². The molecule has 0 N–H and O–H groups in total. The summed E-state index contributed by atoms with van der Waals surface area (Å²) >= 11 is 1.60. The third-order valence-corrected chi connectivity index (χ3v) is 3.86. The van der Waals surface area contributed by atoms with Crippen molar-refractivity contribution >= 4 is 27.2 Å². The van der Waals surface area contributed by atoms with Gasteiger partial charge in [0.1, 0.15) is 0 Å². The molecule has 0 aliphatic heterocycles. The second kappa shape index (κ2) is 4.35. The fraction of sp³-hybridized carbons (Fsp3) is 0.0667. The highest BCUT2D eigenvalue weighted by molar-refractivity contribution is 7.17. The zero-order valence-corrected chi connectivity index (χ0v) is 10.7. The van der Waals surface area contributed by atoms with Crippen LogP contribution in [0, 0.1) is 6.92 Å². The van der Waals surface area contributed by atoms with Crippen molar-refractivity contribution in [2.45, 2.75) is 6.92 Å². The number of benzene rings is 1. The molecule has 0 saturated carbocycles. The fourth-order valence-corrected chi connectivity index (χ4v) is 2.85. The number of ketones is 1. The van der Waals surface area contributed by atoms with Gasteiger partial charge in [-0.3, -0.25) is 9.78 Å². The molecular weight excluding hydrogens is 242 g/mol. The lowest BCUT2D eigenvalue weighted by molar-refractivity contribution is 0.104. The molecule has 0 fully saturated rings. The summed E-state index contributed by atoms with van der Waals surface area (Å²) < 4.78 is 1.14. The second-order valence-corrected chi connectivity index (χ2v) is 5.07. The van der Waals surface area contributed by atoms with Gasteiger partial charge in [0.25, 0.3) is 0 Å². The van der Waals surface area contributed by atoms with Crippen LogP contribution in [0.4, 0.5) is 0 Å². The Morgan fingerprint density at radius 3 is 2.78 bits per heavy atom. The van der Waals surface area contributed by atoms with Crippen LogP contribution in [0.3, 0.4) is 0 Å². The first-order valence-electron chi connectivity index (χ1n) is 5.69. The van der Waals surface area contributed by atoms with Gasteiger partial charge in [-0.25, -0.2) is 0 Å². The van der Waals surface area contributed by atoms with E-state index in [2.05, 4.69) is 4.98 Å². The average molecular weight is 253 g/mol. The number of hydrogen-bond donors (Lipinski definition) is 0. The second-order valence-electron chi connectivity index (χ2n) is 4.16. The van der Waals surface area contributed by atoms with Crippen molar-refractivity contribution in [1.82, 2.24) is 4.98 Å². The molecule has 88 valence electrons. The number of rotatable bonds is 2. The number of carbonyl (C=O) groups excluding carboxylic acids is 1. The summed E-state index contributed by atoms with van der Waals surface area (Å²) in [4.78, 5) is 16.6. The van der Waals surface area contributed by atoms with Crippen molar-refractivity contribution in [3.8, 4) is 0 Å². The first-order valence-corrected chi connectivity index (χ1v) is 6.57. The maximum atomic E-state index is 12.4. The molecule has 0 aliphatic rings. The molecule has 0 aliphatic carbocycles. The summed E-state index contributed by atoms with van der Waals surface area (Å²) in [6.07, 6.45) is 1.64. The minimum Gasteiger partial charge on any atom is -0.288 e. The number of thiophene rings is 1. The maximum absolute atomic E-state index is 12.4. The number of aryl methyl sites for hydroxylation is 1. The van der Waals surface area contributed by atoms with E-state index in [9.17, 15) is 4.79 Å². The van der Waals surface area contributed by atoms with E-state index in [1.54, 1.807) is 17.5 Å². The Morgan fingerprint density at radius 2 is 2.00 bits per heavy atom. The van der Waals surface area contributed by atoms with Crippen LogP contribution in [0.25, 0.3) is 10.1 Å². The molecule has 1 aromatic carbocycles. The van der Waals surface area contributed by atoms with Gasteiger partial charge < -0.3 is 0 Å². The Labute approximate surface area is 109 Å². The summed E-state index contributed by atoms with van der Waals surface area (Å²) in [5, 5.41) is 2.94. The molecule has 0 bridgehead atoms. The predicted molar refractivity (Wildman–Crippen MR) is 74.2 cm³/mol. The molecule has 0 amide bonds. The first kappa shape index (κ1) is 11.1. The van der Waals surface area contributed by atoms with Crippen LogP contribution in [0.5, 0.6) is 0 Å². The van der Waals surface area contributed by atoms with Gasteiger partial charge in [0.2, 0.25) is 0 Å². The monoisotopic (exact) mass is 253 g/mol. The van der Waals surface area contributed by atoms with Crippen molar-refractivity contribution in [3.63, 3.8) is 0 Å². The SMILES string of the molecule is Cc1ccc(C(=O)c2csc3ccccc23)cn1. The largest absolute Gasteiger partial charge is 0.288 e. The Bertz CT molecular complexity index is 713. The lowest BCUT2D eigenvalue weighted by Gasteiger charge is -2.00. The normalized spacial score (nSPS) is 10.7. The molecule has 3 heteroatoms. The molecule has 18 heavy (non-hydrogen) atoms. The first-order chi connectivity index (χ1) is 8.75. The van der Waals surface area contributed by atoms with E-state index in [0.29, 0.717) is 5.56 Å². The lowest BCUT2D eigenvalue weighted by atomic mass is 10.0. The van der Waals surface area contributed by atoms with E-state index in [0.717, 1.165) is 21.3 Å². The zero-order valence-electron chi connectivity index (χ0n) is 9.88. The lowest BCUT2D eigenvalue weighted by Crippen LogP contribution is -2.01. The van der Waals surface area contributed by atoms with Gasteiger partial charge in [-0.2, -0.15) is 0 Å². The van der Waals surface area contributed by atoms with Gasteiger partial charge in [0.15, 0.2) is 5.78 Å². The number of fused-ring (bicyclic) bond motifs is 1. The highest BCUT2D eigenvalue weighted by Crippen LogP contribution is 2.27. The van der Waals surface area contributed by atoms with E-state index >= 15 is 0 Å². The van der Waals surface area contributed by atoms with Crippen LogP contribution in [0.15, 0.2) is 48.0 Å². The molecule has 0 unspecified atom stereocenters. The minimum atomic E-state index is 0.0416. The third-order valence-electron chi connectivity index (χ3n) is 2.90. The van der Waals surface area contributed by atoms with E-state index in [1.807, 2.05) is 48.7 Å². The maximum Gasteiger partial charge on any atom is 0.196 e. The molecule has 2 heterocycles. The van der Waals surface area contributed by atoms with Gasteiger partial charge in [0, 0.05) is 38.5 Å². The number of aromatic nitrogens is 1. The van der Waals surface area contributed by atoms with Crippen LogP contribution in [-0.4, -0.2) is 10.8 Å². The molecule has 0 spiro atoms. The number of nitrogens with zero attached hydrogens (tertiary/aromatic N) is 1. The van der Waals surface area contributed by atoms with E-state index in [4.69, 9.17) is 0 Å². The van der Waals surface area contributed by atoms with Crippen LogP contribution < -0.4 is 0 Å². The Hall–Kier alpha value is -2.00. The minimum absolute atomic E-state index is 0.0416. The summed E-state index contributed by atoms with van der Waals surface area (Å²) in [6.45, 7) is 1.91. The highest BCUT2D eigenvalue weighted by Gasteiger charge is 2.13. The summed E-state index contributed by atoms with van der Waals surface area (Å²) in [5.41, 5.74) is 2.33. The van der Waals surface area contributed by atoms with Crippen LogP contribution in [-0.2, 0) is 0 Å². The fourth-order valence-electron chi connectivity index (χ4n) is 1.91. The molecule has 3 aromatic rings. The van der Waals surface area contributed by atoms with Gasteiger partial charge in [0.05, 0.1) is 0 Å². The molecule has 0 atom stereocenters. The van der Waals surface area contributed by atoms with E-state index < -0.39 is 0 Å². The van der Waals surface area contributed by atoms with Crippen molar-refractivity contribution in [1.29, 1.82) is 0 Å². The molecule has 0 saturated heterocycles. The summed E-state index contributed by atoms with van der Waals surface area (Å²) in [5.74, 6) is 0.0416. The van der Waals surface area contributed by atoms with Gasteiger partial charge >= 0.3 is 0 Å². The molecule has 3 rings (SSSR count). The topological polar surface area (TPSA) is 30.0 Å². The van der Waals surface area contributed by atoms with Crippen molar-refractivity contribution in [2.75, 3.05) is 0 Å². The Balaban J connectivity index is 2.09. The van der Waals surface area contributed by atoms with Crippen LogP contribution in [0.1, 0.15) is 21.6 Å².